The summed E-state index contributed by atoms with van der Waals surface area (Å²) in [6, 6.07) is 2.55. The molecule has 21 heavy (non-hydrogen) atoms. The van der Waals surface area contributed by atoms with Gasteiger partial charge in [0.05, 0.1) is 23.0 Å². The summed E-state index contributed by atoms with van der Waals surface area (Å²) in [6.07, 6.45) is 4.29. The van der Waals surface area contributed by atoms with Crippen LogP contribution in [0.25, 0.3) is 0 Å². The summed E-state index contributed by atoms with van der Waals surface area (Å²) in [6.45, 7) is 4.59. The Morgan fingerprint density at radius 1 is 1.38 bits per heavy atom. The number of ether oxygens (including phenoxy) is 2. The van der Waals surface area contributed by atoms with Crippen molar-refractivity contribution in [2.75, 3.05) is 26.9 Å². The van der Waals surface area contributed by atoms with Gasteiger partial charge in [-0.05, 0) is 51.6 Å². The van der Waals surface area contributed by atoms with Crippen LogP contribution in [0.4, 0.5) is 0 Å². The second-order valence-electron chi connectivity index (χ2n) is 6.50. The van der Waals surface area contributed by atoms with E-state index in [-0.39, 0.29) is 5.60 Å². The van der Waals surface area contributed by atoms with Gasteiger partial charge in [-0.1, -0.05) is 0 Å². The second kappa shape index (κ2) is 6.07. The van der Waals surface area contributed by atoms with Crippen LogP contribution in [0.2, 0.25) is 0 Å². The zero-order valence-corrected chi connectivity index (χ0v) is 13.4. The molecule has 118 valence electrons. The first kappa shape index (κ1) is 15.0. The second-order valence-corrected chi connectivity index (χ2v) is 6.50. The summed E-state index contributed by atoms with van der Waals surface area (Å²) in [5.41, 5.74) is 2.41. The third kappa shape index (κ3) is 3.00. The molecule has 0 amide bonds. The Labute approximate surface area is 127 Å². The smallest absolute Gasteiger partial charge is 0.0729 e. The molecule has 3 heterocycles. The van der Waals surface area contributed by atoms with Gasteiger partial charge in [0.2, 0.25) is 0 Å². The number of hydrogen-bond acceptors (Lipinski definition) is 4. The van der Waals surface area contributed by atoms with E-state index in [9.17, 15) is 0 Å². The van der Waals surface area contributed by atoms with Gasteiger partial charge in [0.1, 0.15) is 0 Å². The van der Waals surface area contributed by atoms with E-state index >= 15 is 0 Å². The molecule has 0 radical (unpaired) electrons. The molecule has 1 N–H and O–H groups in total. The summed E-state index contributed by atoms with van der Waals surface area (Å²) in [5, 5.41) is 8.02. The standard InChI is InChI=1S/C16H27N3O2/c1-12-10-14(19(3)18-12)15(17-2)13-4-7-21-16(11-13)5-8-20-9-6-16/h10,13,15,17H,4-9,11H2,1-3H3. The lowest BCUT2D eigenvalue weighted by Crippen LogP contribution is -2.46. The fraction of sp³-hybridized carbons (Fsp3) is 0.812. The van der Waals surface area contributed by atoms with Gasteiger partial charge in [-0.3, -0.25) is 4.68 Å². The van der Waals surface area contributed by atoms with Gasteiger partial charge in [-0.15, -0.1) is 0 Å². The molecule has 0 aliphatic carbocycles. The monoisotopic (exact) mass is 293 g/mol. The molecule has 0 bridgehead atoms. The van der Waals surface area contributed by atoms with Crippen LogP contribution >= 0.6 is 0 Å². The number of aromatic nitrogens is 2. The van der Waals surface area contributed by atoms with Crippen molar-refractivity contribution in [3.8, 4) is 0 Å². The van der Waals surface area contributed by atoms with Gasteiger partial charge >= 0.3 is 0 Å². The molecular weight excluding hydrogens is 266 g/mol. The molecule has 2 aliphatic rings. The lowest BCUT2D eigenvalue weighted by molar-refractivity contribution is -0.150. The number of hydrogen-bond donors (Lipinski definition) is 1. The lowest BCUT2D eigenvalue weighted by atomic mass is 9.77. The van der Waals surface area contributed by atoms with E-state index in [2.05, 4.69) is 30.5 Å². The number of nitrogens with one attached hydrogen (secondary N) is 1. The van der Waals surface area contributed by atoms with Crippen molar-refractivity contribution in [2.24, 2.45) is 13.0 Å². The van der Waals surface area contributed by atoms with Crippen LogP contribution in [0, 0.1) is 12.8 Å². The number of nitrogens with zero attached hydrogens (tertiary/aromatic N) is 2. The van der Waals surface area contributed by atoms with E-state index < -0.39 is 0 Å². The van der Waals surface area contributed by atoms with Gasteiger partial charge in [0.25, 0.3) is 0 Å². The van der Waals surface area contributed by atoms with Crippen LogP contribution in [-0.4, -0.2) is 42.2 Å². The van der Waals surface area contributed by atoms with Crippen molar-refractivity contribution >= 4 is 0 Å². The molecule has 1 spiro atoms. The highest BCUT2D eigenvalue weighted by Gasteiger charge is 2.41. The average Bonchev–Trinajstić information content (AvgIpc) is 2.80. The van der Waals surface area contributed by atoms with Gasteiger partial charge < -0.3 is 14.8 Å². The van der Waals surface area contributed by atoms with Gasteiger partial charge in [-0.25, -0.2) is 0 Å². The molecule has 2 unspecified atom stereocenters. The Morgan fingerprint density at radius 3 is 2.76 bits per heavy atom. The van der Waals surface area contributed by atoms with E-state index in [4.69, 9.17) is 9.47 Å². The van der Waals surface area contributed by atoms with Crippen molar-refractivity contribution in [1.29, 1.82) is 0 Å². The topological polar surface area (TPSA) is 48.3 Å². The Morgan fingerprint density at radius 2 is 2.14 bits per heavy atom. The summed E-state index contributed by atoms with van der Waals surface area (Å²) in [4.78, 5) is 0. The van der Waals surface area contributed by atoms with Crippen molar-refractivity contribution in [2.45, 2.75) is 44.2 Å². The fourth-order valence-electron chi connectivity index (χ4n) is 3.99. The maximum Gasteiger partial charge on any atom is 0.0729 e. The van der Waals surface area contributed by atoms with Crippen LogP contribution in [0.5, 0.6) is 0 Å². The quantitative estimate of drug-likeness (QED) is 0.925. The first-order valence-corrected chi connectivity index (χ1v) is 8.03. The third-order valence-electron chi connectivity index (χ3n) is 5.07. The van der Waals surface area contributed by atoms with Gasteiger partial charge in [0, 0.05) is 26.9 Å². The van der Waals surface area contributed by atoms with Gasteiger partial charge in [0.15, 0.2) is 0 Å². The lowest BCUT2D eigenvalue weighted by Gasteiger charge is -2.45. The Kier molecular flexibility index (Phi) is 4.33. The molecular formula is C16H27N3O2. The highest BCUT2D eigenvalue weighted by Crippen LogP contribution is 2.41. The van der Waals surface area contributed by atoms with Crippen molar-refractivity contribution in [3.63, 3.8) is 0 Å². The summed E-state index contributed by atoms with van der Waals surface area (Å²) < 4.78 is 13.7. The first-order valence-electron chi connectivity index (χ1n) is 8.03. The Balaban J connectivity index is 1.78. The largest absolute Gasteiger partial charge is 0.381 e. The summed E-state index contributed by atoms with van der Waals surface area (Å²) in [5.74, 6) is 0.594. The predicted octanol–water partition coefficient (Wildman–Crippen LogP) is 1.96. The highest BCUT2D eigenvalue weighted by molar-refractivity contribution is 5.15. The summed E-state index contributed by atoms with van der Waals surface area (Å²) in [7, 11) is 4.09. The Bertz CT molecular complexity index is 474. The van der Waals surface area contributed by atoms with Crippen molar-refractivity contribution < 1.29 is 9.47 Å². The highest BCUT2D eigenvalue weighted by atomic mass is 16.5. The molecule has 2 aliphatic heterocycles. The van der Waals surface area contributed by atoms with E-state index in [0.717, 1.165) is 51.2 Å². The predicted molar refractivity (Wildman–Crippen MR) is 81.2 cm³/mol. The Hall–Kier alpha value is -0.910. The molecule has 1 aromatic rings. The van der Waals surface area contributed by atoms with Crippen LogP contribution in [0.3, 0.4) is 0 Å². The number of aryl methyl sites for hydroxylation is 2. The average molecular weight is 293 g/mol. The molecule has 2 saturated heterocycles. The third-order valence-corrected chi connectivity index (χ3v) is 5.07. The molecule has 2 fully saturated rings. The van der Waals surface area contributed by atoms with E-state index in [0.29, 0.717) is 12.0 Å². The maximum atomic E-state index is 6.17. The minimum atomic E-state index is 0.0455. The van der Waals surface area contributed by atoms with E-state index in [1.165, 1.54) is 5.69 Å². The van der Waals surface area contributed by atoms with Crippen LogP contribution in [0.15, 0.2) is 6.07 Å². The zero-order chi connectivity index (χ0) is 14.9. The zero-order valence-electron chi connectivity index (χ0n) is 13.4. The van der Waals surface area contributed by atoms with E-state index in [1.54, 1.807) is 0 Å². The first-order chi connectivity index (χ1) is 10.1. The van der Waals surface area contributed by atoms with Crippen LogP contribution < -0.4 is 5.32 Å². The molecule has 5 nitrogen and oxygen atoms in total. The van der Waals surface area contributed by atoms with Gasteiger partial charge in [-0.2, -0.15) is 5.10 Å². The molecule has 1 aromatic heterocycles. The van der Waals surface area contributed by atoms with E-state index in [1.807, 2.05) is 11.7 Å². The summed E-state index contributed by atoms with van der Waals surface area (Å²) >= 11 is 0. The number of rotatable bonds is 3. The fourth-order valence-corrected chi connectivity index (χ4v) is 3.99. The molecule has 0 aromatic carbocycles. The molecule has 5 heteroatoms. The molecule has 2 atom stereocenters. The van der Waals surface area contributed by atoms with Crippen molar-refractivity contribution in [3.05, 3.63) is 17.5 Å². The van der Waals surface area contributed by atoms with Crippen LogP contribution in [-0.2, 0) is 16.5 Å². The molecule has 0 saturated carbocycles. The van der Waals surface area contributed by atoms with Crippen molar-refractivity contribution in [1.82, 2.24) is 15.1 Å². The minimum absolute atomic E-state index is 0.0455. The van der Waals surface area contributed by atoms with Crippen LogP contribution in [0.1, 0.15) is 43.1 Å². The molecule has 3 rings (SSSR count). The maximum absolute atomic E-state index is 6.17. The minimum Gasteiger partial charge on any atom is -0.381 e. The SMILES string of the molecule is CNC(c1cc(C)nn1C)C1CCOC2(CCOCC2)C1. The normalized spacial score (nSPS) is 26.9.